The van der Waals surface area contributed by atoms with E-state index in [1.54, 1.807) is 13.8 Å². The van der Waals surface area contributed by atoms with Crippen molar-refractivity contribution in [2.75, 3.05) is 5.32 Å². The molecule has 0 fully saturated rings. The number of carbonyl (C=O) groups excluding carboxylic acids is 1. The van der Waals surface area contributed by atoms with Gasteiger partial charge in [-0.15, -0.1) is 0 Å². The Morgan fingerprint density at radius 2 is 2.40 bits per heavy atom. The Hall–Kier alpha value is -1.96. The minimum Gasteiger partial charge on any atom is -0.308 e. The first-order valence-corrected chi connectivity index (χ1v) is 4.61. The Morgan fingerprint density at radius 3 is 2.87 bits per heavy atom. The summed E-state index contributed by atoms with van der Waals surface area (Å²) < 4.78 is 0. The van der Waals surface area contributed by atoms with Crippen molar-refractivity contribution in [3.8, 4) is 6.07 Å². The summed E-state index contributed by atoms with van der Waals surface area (Å²) >= 11 is 0. The normalized spacial score (nSPS) is 13.7. The molecule has 1 aromatic rings. The lowest BCUT2D eigenvalue weighted by Gasteiger charge is -2.17. The largest absolute Gasteiger partial charge is 0.308 e. The first-order chi connectivity index (χ1) is 7.12. The van der Waals surface area contributed by atoms with E-state index in [0.29, 0.717) is 12.2 Å². The van der Waals surface area contributed by atoms with E-state index in [-0.39, 0.29) is 5.91 Å². The van der Waals surface area contributed by atoms with Crippen LogP contribution in [-0.2, 0) is 4.79 Å². The van der Waals surface area contributed by atoms with Crippen molar-refractivity contribution in [2.45, 2.75) is 20.3 Å². The van der Waals surface area contributed by atoms with Gasteiger partial charge in [-0.05, 0) is 13.3 Å². The SMILES string of the molecule is CCC(C)(C#N)C(=O)Nc1cnccn1. The van der Waals surface area contributed by atoms with Crippen LogP contribution in [0.2, 0.25) is 0 Å². The molecule has 0 bridgehead atoms. The number of anilines is 1. The van der Waals surface area contributed by atoms with Crippen LogP contribution in [0.1, 0.15) is 20.3 Å². The van der Waals surface area contributed by atoms with Crippen molar-refractivity contribution < 1.29 is 4.79 Å². The van der Waals surface area contributed by atoms with E-state index in [1.807, 2.05) is 6.07 Å². The molecule has 1 rings (SSSR count). The quantitative estimate of drug-likeness (QED) is 0.806. The molecule has 1 N–H and O–H groups in total. The number of hydrogen-bond donors (Lipinski definition) is 1. The number of nitriles is 1. The van der Waals surface area contributed by atoms with Crippen LogP contribution >= 0.6 is 0 Å². The summed E-state index contributed by atoms with van der Waals surface area (Å²) in [7, 11) is 0. The molecule has 0 aromatic carbocycles. The van der Waals surface area contributed by atoms with Gasteiger partial charge < -0.3 is 5.32 Å². The molecule has 0 saturated carbocycles. The van der Waals surface area contributed by atoms with Crippen molar-refractivity contribution in [1.29, 1.82) is 5.26 Å². The lowest BCUT2D eigenvalue weighted by atomic mass is 9.88. The highest BCUT2D eigenvalue weighted by Crippen LogP contribution is 2.21. The van der Waals surface area contributed by atoms with Crippen molar-refractivity contribution in [1.82, 2.24) is 9.97 Å². The summed E-state index contributed by atoms with van der Waals surface area (Å²) in [4.78, 5) is 19.4. The lowest BCUT2D eigenvalue weighted by molar-refractivity contribution is -0.122. The predicted octanol–water partition coefficient (Wildman–Crippen LogP) is 1.35. The van der Waals surface area contributed by atoms with Crippen LogP contribution in [0.4, 0.5) is 5.82 Å². The van der Waals surface area contributed by atoms with Gasteiger partial charge >= 0.3 is 0 Å². The fraction of sp³-hybridized carbons (Fsp3) is 0.400. The molecule has 0 aliphatic heterocycles. The summed E-state index contributed by atoms with van der Waals surface area (Å²) in [6.45, 7) is 3.39. The fourth-order valence-corrected chi connectivity index (χ4v) is 0.908. The third kappa shape index (κ3) is 2.50. The Balaban J connectivity index is 2.77. The zero-order chi connectivity index (χ0) is 11.3. The summed E-state index contributed by atoms with van der Waals surface area (Å²) in [6, 6.07) is 1.99. The van der Waals surface area contributed by atoms with E-state index in [0.717, 1.165) is 0 Å². The second kappa shape index (κ2) is 4.51. The smallest absolute Gasteiger partial charge is 0.245 e. The van der Waals surface area contributed by atoms with Gasteiger partial charge in [-0.3, -0.25) is 9.78 Å². The van der Waals surface area contributed by atoms with Crippen LogP contribution in [0.25, 0.3) is 0 Å². The molecular formula is C10H12N4O. The second-order valence-electron chi connectivity index (χ2n) is 3.34. The average Bonchev–Trinajstić information content (AvgIpc) is 2.29. The lowest BCUT2D eigenvalue weighted by Crippen LogP contribution is -2.31. The van der Waals surface area contributed by atoms with Crippen LogP contribution in [0.3, 0.4) is 0 Å². The van der Waals surface area contributed by atoms with Crippen LogP contribution in [0.15, 0.2) is 18.6 Å². The monoisotopic (exact) mass is 204 g/mol. The van der Waals surface area contributed by atoms with Crippen molar-refractivity contribution in [3.63, 3.8) is 0 Å². The van der Waals surface area contributed by atoms with Gasteiger partial charge in [-0.1, -0.05) is 6.92 Å². The Morgan fingerprint density at radius 1 is 1.67 bits per heavy atom. The van der Waals surface area contributed by atoms with E-state index < -0.39 is 5.41 Å². The standard InChI is InChI=1S/C10H12N4O/c1-3-10(2,7-11)9(15)14-8-6-12-4-5-13-8/h4-6H,3H2,1-2H3,(H,13,14,15). The average molecular weight is 204 g/mol. The van der Waals surface area contributed by atoms with E-state index in [2.05, 4.69) is 15.3 Å². The predicted molar refractivity (Wildman–Crippen MR) is 54.7 cm³/mol. The highest BCUT2D eigenvalue weighted by molar-refractivity contribution is 5.96. The van der Waals surface area contributed by atoms with Gasteiger partial charge in [-0.2, -0.15) is 5.26 Å². The highest BCUT2D eigenvalue weighted by Gasteiger charge is 2.31. The first kappa shape index (κ1) is 11.1. The molecule has 0 saturated heterocycles. The Kier molecular flexibility index (Phi) is 3.34. The Labute approximate surface area is 88.2 Å². The van der Waals surface area contributed by atoms with E-state index in [1.165, 1.54) is 18.6 Å². The third-order valence-electron chi connectivity index (χ3n) is 2.26. The second-order valence-corrected chi connectivity index (χ2v) is 3.34. The molecule has 5 nitrogen and oxygen atoms in total. The molecule has 0 aliphatic rings. The van der Waals surface area contributed by atoms with Gasteiger partial charge in [0.1, 0.15) is 5.41 Å². The van der Waals surface area contributed by atoms with Gasteiger partial charge in [-0.25, -0.2) is 4.98 Å². The van der Waals surface area contributed by atoms with E-state index in [4.69, 9.17) is 5.26 Å². The zero-order valence-corrected chi connectivity index (χ0v) is 8.69. The van der Waals surface area contributed by atoms with E-state index in [9.17, 15) is 4.79 Å². The highest BCUT2D eigenvalue weighted by atomic mass is 16.2. The van der Waals surface area contributed by atoms with Gasteiger partial charge in [0.05, 0.1) is 12.3 Å². The third-order valence-corrected chi connectivity index (χ3v) is 2.26. The number of aromatic nitrogens is 2. The maximum atomic E-state index is 11.7. The summed E-state index contributed by atoms with van der Waals surface area (Å²) in [5.41, 5.74) is -1.02. The summed E-state index contributed by atoms with van der Waals surface area (Å²) in [5, 5.41) is 11.4. The number of nitrogens with zero attached hydrogens (tertiary/aromatic N) is 3. The van der Waals surface area contributed by atoms with Crippen LogP contribution in [0.5, 0.6) is 0 Å². The number of carbonyl (C=O) groups is 1. The molecule has 1 heterocycles. The Bertz CT molecular complexity index is 384. The maximum absolute atomic E-state index is 11.7. The summed E-state index contributed by atoms with van der Waals surface area (Å²) in [5.74, 6) is 0.00502. The molecule has 1 atom stereocenters. The van der Waals surface area contributed by atoms with Gasteiger partial charge in [0.2, 0.25) is 5.91 Å². The maximum Gasteiger partial charge on any atom is 0.245 e. The molecule has 78 valence electrons. The minimum atomic E-state index is -1.02. The molecule has 0 aliphatic carbocycles. The van der Waals surface area contributed by atoms with E-state index >= 15 is 0 Å². The first-order valence-electron chi connectivity index (χ1n) is 4.61. The van der Waals surface area contributed by atoms with Gasteiger partial charge in [0.25, 0.3) is 0 Å². The molecule has 0 spiro atoms. The number of hydrogen-bond acceptors (Lipinski definition) is 4. The molecule has 15 heavy (non-hydrogen) atoms. The molecule has 1 amide bonds. The molecular weight excluding hydrogens is 192 g/mol. The van der Waals surface area contributed by atoms with Crippen LogP contribution in [-0.4, -0.2) is 15.9 Å². The van der Waals surface area contributed by atoms with Crippen molar-refractivity contribution in [2.24, 2.45) is 5.41 Å². The van der Waals surface area contributed by atoms with Crippen molar-refractivity contribution >= 4 is 11.7 Å². The number of amides is 1. The molecule has 1 unspecified atom stereocenters. The molecule has 1 aromatic heterocycles. The van der Waals surface area contributed by atoms with Crippen LogP contribution < -0.4 is 5.32 Å². The fourth-order valence-electron chi connectivity index (χ4n) is 0.908. The number of nitrogens with one attached hydrogen (secondary N) is 1. The topological polar surface area (TPSA) is 78.7 Å². The zero-order valence-electron chi connectivity index (χ0n) is 8.69. The number of rotatable bonds is 3. The minimum absolute atomic E-state index is 0.354. The van der Waals surface area contributed by atoms with Crippen LogP contribution in [0, 0.1) is 16.7 Å². The van der Waals surface area contributed by atoms with Gasteiger partial charge in [0.15, 0.2) is 5.82 Å². The van der Waals surface area contributed by atoms with Gasteiger partial charge in [0, 0.05) is 12.4 Å². The summed E-state index contributed by atoms with van der Waals surface area (Å²) in [6.07, 6.45) is 4.88. The van der Waals surface area contributed by atoms with Crippen molar-refractivity contribution in [3.05, 3.63) is 18.6 Å². The molecule has 5 heteroatoms. The molecule has 0 radical (unpaired) electrons.